The molecule has 0 spiro atoms. The zero-order valence-corrected chi connectivity index (χ0v) is 9.61. The van der Waals surface area contributed by atoms with Crippen LogP contribution in [0.4, 0.5) is 0 Å². The van der Waals surface area contributed by atoms with Crippen molar-refractivity contribution in [2.75, 3.05) is 13.1 Å². The van der Waals surface area contributed by atoms with Crippen LogP contribution < -0.4 is 11.1 Å². The van der Waals surface area contributed by atoms with Crippen molar-refractivity contribution in [2.24, 2.45) is 5.73 Å². The largest absolute Gasteiger partial charge is 0.451 e. The molecule has 1 heterocycles. The number of benzene rings is 1. The van der Waals surface area contributed by atoms with Gasteiger partial charge in [0.05, 0.1) is 0 Å². The molecule has 2 rings (SSSR count). The maximum absolute atomic E-state index is 11.7. The second-order valence-corrected chi connectivity index (χ2v) is 3.90. The van der Waals surface area contributed by atoms with Crippen molar-refractivity contribution in [3.05, 3.63) is 36.1 Å². The van der Waals surface area contributed by atoms with Crippen molar-refractivity contribution in [2.45, 2.75) is 12.8 Å². The Kier molecular flexibility index (Phi) is 3.77. The lowest BCUT2D eigenvalue weighted by Crippen LogP contribution is -2.24. The Morgan fingerprint density at radius 3 is 2.88 bits per heavy atom. The van der Waals surface area contributed by atoms with E-state index in [4.69, 9.17) is 10.2 Å². The van der Waals surface area contributed by atoms with Gasteiger partial charge in [0, 0.05) is 11.9 Å². The molecular formula is C13H16N2O2. The predicted octanol–water partition coefficient (Wildman–Crippen LogP) is 1.90. The number of unbranched alkanes of at least 4 members (excludes halogenated alkanes) is 1. The Morgan fingerprint density at radius 1 is 1.29 bits per heavy atom. The maximum atomic E-state index is 11.7. The summed E-state index contributed by atoms with van der Waals surface area (Å²) < 4.78 is 5.45. The van der Waals surface area contributed by atoms with Gasteiger partial charge >= 0.3 is 0 Å². The number of nitrogens with one attached hydrogen (secondary N) is 1. The van der Waals surface area contributed by atoms with E-state index in [2.05, 4.69) is 5.32 Å². The summed E-state index contributed by atoms with van der Waals surface area (Å²) in [6.07, 6.45) is 1.81. The molecule has 1 amide bonds. The van der Waals surface area contributed by atoms with E-state index in [1.807, 2.05) is 24.3 Å². The van der Waals surface area contributed by atoms with Crippen LogP contribution in [0, 0.1) is 0 Å². The SMILES string of the molecule is NCCCCNC(=O)c1cc2ccccc2o1. The number of hydrogen-bond acceptors (Lipinski definition) is 3. The van der Waals surface area contributed by atoms with Gasteiger partial charge < -0.3 is 15.5 Å². The Hall–Kier alpha value is -1.81. The van der Waals surface area contributed by atoms with Crippen molar-refractivity contribution >= 4 is 16.9 Å². The highest BCUT2D eigenvalue weighted by Gasteiger charge is 2.10. The Morgan fingerprint density at radius 2 is 2.12 bits per heavy atom. The van der Waals surface area contributed by atoms with Crippen LogP contribution in [0.1, 0.15) is 23.4 Å². The first-order valence-corrected chi connectivity index (χ1v) is 5.78. The van der Waals surface area contributed by atoms with E-state index in [-0.39, 0.29) is 5.91 Å². The molecule has 0 fully saturated rings. The predicted molar refractivity (Wildman–Crippen MR) is 66.8 cm³/mol. The number of amides is 1. The molecule has 17 heavy (non-hydrogen) atoms. The van der Waals surface area contributed by atoms with Gasteiger partial charge in [-0.15, -0.1) is 0 Å². The van der Waals surface area contributed by atoms with Crippen LogP contribution in [-0.4, -0.2) is 19.0 Å². The summed E-state index contributed by atoms with van der Waals surface area (Å²) in [5.74, 6) is 0.192. The first kappa shape index (κ1) is 11.7. The highest BCUT2D eigenvalue weighted by Crippen LogP contribution is 2.18. The molecule has 2 aromatic rings. The summed E-state index contributed by atoms with van der Waals surface area (Å²) in [4.78, 5) is 11.7. The number of rotatable bonds is 5. The molecule has 0 aliphatic carbocycles. The number of carbonyl (C=O) groups excluding carboxylic acids is 1. The second-order valence-electron chi connectivity index (χ2n) is 3.90. The first-order chi connectivity index (χ1) is 8.31. The molecule has 3 N–H and O–H groups in total. The molecular weight excluding hydrogens is 216 g/mol. The van der Waals surface area contributed by atoms with E-state index in [1.165, 1.54) is 0 Å². The summed E-state index contributed by atoms with van der Waals surface area (Å²) in [5, 5.41) is 3.75. The topological polar surface area (TPSA) is 68.3 Å². The molecule has 4 nitrogen and oxygen atoms in total. The summed E-state index contributed by atoms with van der Waals surface area (Å²) in [7, 11) is 0. The summed E-state index contributed by atoms with van der Waals surface area (Å²) in [6, 6.07) is 9.33. The average molecular weight is 232 g/mol. The van der Waals surface area contributed by atoms with Crippen molar-refractivity contribution in [1.82, 2.24) is 5.32 Å². The van der Waals surface area contributed by atoms with Gasteiger partial charge in [0.2, 0.25) is 0 Å². The monoisotopic (exact) mass is 232 g/mol. The fourth-order valence-electron chi connectivity index (χ4n) is 1.65. The minimum absolute atomic E-state index is 0.168. The zero-order valence-electron chi connectivity index (χ0n) is 9.61. The third-order valence-corrected chi connectivity index (χ3v) is 2.57. The molecule has 0 saturated carbocycles. The van der Waals surface area contributed by atoms with E-state index in [0.29, 0.717) is 18.8 Å². The van der Waals surface area contributed by atoms with E-state index in [1.54, 1.807) is 6.07 Å². The molecule has 0 saturated heterocycles. The smallest absolute Gasteiger partial charge is 0.287 e. The Labute approximate surface area is 99.8 Å². The van der Waals surface area contributed by atoms with Gasteiger partial charge in [-0.25, -0.2) is 0 Å². The van der Waals surface area contributed by atoms with E-state index in [0.717, 1.165) is 23.8 Å². The minimum Gasteiger partial charge on any atom is -0.451 e. The van der Waals surface area contributed by atoms with Crippen LogP contribution in [-0.2, 0) is 0 Å². The standard InChI is InChI=1S/C13H16N2O2/c14-7-3-4-8-15-13(16)12-9-10-5-1-2-6-11(10)17-12/h1-2,5-6,9H,3-4,7-8,14H2,(H,15,16). The van der Waals surface area contributed by atoms with Crippen LogP contribution in [0.2, 0.25) is 0 Å². The number of para-hydroxylation sites is 1. The molecule has 1 aromatic carbocycles. The highest BCUT2D eigenvalue weighted by atomic mass is 16.3. The van der Waals surface area contributed by atoms with Gasteiger partial charge in [-0.05, 0) is 31.5 Å². The van der Waals surface area contributed by atoms with Gasteiger partial charge in [-0.2, -0.15) is 0 Å². The maximum Gasteiger partial charge on any atom is 0.287 e. The van der Waals surface area contributed by atoms with Crippen LogP contribution in [0.15, 0.2) is 34.7 Å². The minimum atomic E-state index is -0.168. The summed E-state index contributed by atoms with van der Waals surface area (Å²) in [5.41, 5.74) is 6.11. The van der Waals surface area contributed by atoms with E-state index in [9.17, 15) is 4.79 Å². The van der Waals surface area contributed by atoms with Gasteiger partial charge in [-0.1, -0.05) is 18.2 Å². The Bertz CT molecular complexity index is 472. The van der Waals surface area contributed by atoms with Gasteiger partial charge in [0.25, 0.3) is 5.91 Å². The lowest BCUT2D eigenvalue weighted by Gasteiger charge is -2.01. The fraction of sp³-hybridized carbons (Fsp3) is 0.308. The second kappa shape index (κ2) is 5.50. The van der Waals surface area contributed by atoms with Gasteiger partial charge in [0.1, 0.15) is 5.58 Å². The molecule has 0 unspecified atom stereocenters. The van der Waals surface area contributed by atoms with E-state index < -0.39 is 0 Å². The van der Waals surface area contributed by atoms with Crippen LogP contribution in [0.3, 0.4) is 0 Å². The summed E-state index contributed by atoms with van der Waals surface area (Å²) in [6.45, 7) is 1.29. The molecule has 0 bridgehead atoms. The van der Waals surface area contributed by atoms with Crippen LogP contribution in [0.5, 0.6) is 0 Å². The summed E-state index contributed by atoms with van der Waals surface area (Å²) >= 11 is 0. The third kappa shape index (κ3) is 2.85. The normalized spacial score (nSPS) is 10.6. The molecule has 4 heteroatoms. The highest BCUT2D eigenvalue weighted by molar-refractivity contribution is 5.95. The average Bonchev–Trinajstić information content (AvgIpc) is 2.78. The number of carbonyl (C=O) groups is 1. The lowest BCUT2D eigenvalue weighted by molar-refractivity contribution is 0.0927. The third-order valence-electron chi connectivity index (χ3n) is 2.57. The lowest BCUT2D eigenvalue weighted by atomic mass is 10.2. The molecule has 0 atom stereocenters. The van der Waals surface area contributed by atoms with Crippen molar-refractivity contribution < 1.29 is 9.21 Å². The van der Waals surface area contributed by atoms with Crippen LogP contribution >= 0.6 is 0 Å². The molecule has 90 valence electrons. The molecule has 0 aliphatic heterocycles. The first-order valence-electron chi connectivity index (χ1n) is 5.78. The molecule has 1 aromatic heterocycles. The van der Waals surface area contributed by atoms with Gasteiger partial charge in [0.15, 0.2) is 5.76 Å². The number of furan rings is 1. The molecule has 0 radical (unpaired) electrons. The number of nitrogens with two attached hydrogens (primary N) is 1. The number of fused-ring (bicyclic) bond motifs is 1. The zero-order chi connectivity index (χ0) is 12.1. The van der Waals surface area contributed by atoms with E-state index >= 15 is 0 Å². The van der Waals surface area contributed by atoms with Crippen molar-refractivity contribution in [3.8, 4) is 0 Å². The molecule has 0 aliphatic rings. The fourth-order valence-corrected chi connectivity index (χ4v) is 1.65. The van der Waals surface area contributed by atoms with Crippen molar-refractivity contribution in [3.63, 3.8) is 0 Å². The van der Waals surface area contributed by atoms with Crippen LogP contribution in [0.25, 0.3) is 11.0 Å². The Balaban J connectivity index is 1.99. The van der Waals surface area contributed by atoms with Crippen molar-refractivity contribution in [1.29, 1.82) is 0 Å². The van der Waals surface area contributed by atoms with Gasteiger partial charge in [-0.3, -0.25) is 4.79 Å². The quantitative estimate of drug-likeness (QED) is 0.774. The number of hydrogen-bond donors (Lipinski definition) is 2.